The molecule has 2 N–H and O–H groups in total. The van der Waals surface area contributed by atoms with Crippen LogP contribution in [0.15, 0.2) is 29.4 Å². The highest BCUT2D eigenvalue weighted by molar-refractivity contribution is 7.98. The Kier molecular flexibility index (Phi) is 4.20. The number of nitrogens with two attached hydrogens (primary N) is 1. The van der Waals surface area contributed by atoms with Crippen LogP contribution in [-0.4, -0.2) is 24.4 Å². The van der Waals surface area contributed by atoms with Crippen molar-refractivity contribution in [1.82, 2.24) is 24.4 Å². The van der Waals surface area contributed by atoms with Crippen molar-refractivity contribution in [2.75, 3.05) is 5.84 Å². The molecule has 2 heterocycles. The molecule has 1 aromatic carbocycles. The predicted molar refractivity (Wildman–Crippen MR) is 89.4 cm³/mol. The number of halogens is 2. The summed E-state index contributed by atoms with van der Waals surface area (Å²) in [4.78, 5) is 4.30. The van der Waals surface area contributed by atoms with Crippen molar-refractivity contribution in [3.05, 3.63) is 35.9 Å². The van der Waals surface area contributed by atoms with Gasteiger partial charge in [-0.15, -0.1) is 10.2 Å². The van der Waals surface area contributed by atoms with Crippen molar-refractivity contribution in [3.8, 4) is 0 Å². The number of rotatable bonds is 4. The maximum absolute atomic E-state index is 13.4. The van der Waals surface area contributed by atoms with Gasteiger partial charge in [-0.1, -0.05) is 44.7 Å². The molecule has 128 valence electrons. The van der Waals surface area contributed by atoms with E-state index in [0.29, 0.717) is 22.0 Å². The van der Waals surface area contributed by atoms with Gasteiger partial charge >= 0.3 is 6.55 Å². The maximum Gasteiger partial charge on any atom is 0.320 e. The summed E-state index contributed by atoms with van der Waals surface area (Å²) in [5.74, 6) is 7.15. The third kappa shape index (κ3) is 2.95. The number of para-hydroxylation sites is 2. The van der Waals surface area contributed by atoms with E-state index in [2.05, 4.69) is 15.2 Å². The van der Waals surface area contributed by atoms with E-state index in [-0.39, 0.29) is 17.0 Å². The first-order valence-electron chi connectivity index (χ1n) is 7.37. The molecule has 0 radical (unpaired) electrons. The minimum absolute atomic E-state index is 0.221. The first-order valence-corrected chi connectivity index (χ1v) is 8.35. The normalized spacial score (nSPS) is 12.4. The van der Waals surface area contributed by atoms with Gasteiger partial charge in [0.25, 0.3) is 0 Å². The van der Waals surface area contributed by atoms with E-state index >= 15 is 0 Å². The van der Waals surface area contributed by atoms with Crippen LogP contribution in [0.4, 0.5) is 8.78 Å². The molecule has 9 heteroatoms. The quantitative estimate of drug-likeness (QED) is 0.576. The molecule has 3 aromatic rings. The lowest BCUT2D eigenvalue weighted by Crippen LogP contribution is -2.24. The van der Waals surface area contributed by atoms with Gasteiger partial charge in [-0.3, -0.25) is 4.57 Å². The number of alkyl halides is 2. The topological polar surface area (TPSA) is 74.5 Å². The van der Waals surface area contributed by atoms with Crippen molar-refractivity contribution < 1.29 is 8.78 Å². The number of nitrogen functional groups attached to an aromatic ring is 1. The van der Waals surface area contributed by atoms with Gasteiger partial charge < -0.3 is 5.84 Å². The second-order valence-electron chi connectivity index (χ2n) is 6.38. The van der Waals surface area contributed by atoms with Crippen LogP contribution in [0.3, 0.4) is 0 Å². The molecule has 0 unspecified atom stereocenters. The van der Waals surface area contributed by atoms with Gasteiger partial charge in [0.2, 0.25) is 5.16 Å². The molecule has 6 nitrogen and oxygen atoms in total. The lowest BCUT2D eigenvalue weighted by atomic mass is 9.96. The van der Waals surface area contributed by atoms with Crippen molar-refractivity contribution in [1.29, 1.82) is 0 Å². The molecule has 0 atom stereocenters. The highest BCUT2D eigenvalue weighted by atomic mass is 32.2. The zero-order valence-electron chi connectivity index (χ0n) is 13.6. The smallest absolute Gasteiger partial charge is 0.320 e. The van der Waals surface area contributed by atoms with Gasteiger partial charge in [0.1, 0.15) is 5.82 Å². The summed E-state index contributed by atoms with van der Waals surface area (Å²) in [5, 5.41) is 8.61. The second-order valence-corrected chi connectivity index (χ2v) is 7.32. The Morgan fingerprint density at radius 1 is 1.21 bits per heavy atom. The third-order valence-corrected chi connectivity index (χ3v) is 4.47. The molecule has 3 rings (SSSR count). The SMILES string of the molecule is CC(C)(C)c1nnc(SCc2nc3ccccc3n2C(F)F)n1N. The first kappa shape index (κ1) is 16.7. The highest BCUT2D eigenvalue weighted by Crippen LogP contribution is 2.29. The molecule has 0 fully saturated rings. The van der Waals surface area contributed by atoms with Crippen LogP contribution in [0.2, 0.25) is 0 Å². The van der Waals surface area contributed by atoms with E-state index in [1.807, 2.05) is 20.8 Å². The average molecular weight is 352 g/mol. The number of benzene rings is 1. The molecule has 0 aliphatic rings. The summed E-state index contributed by atoms with van der Waals surface area (Å²) in [6.07, 6.45) is 0. The van der Waals surface area contributed by atoms with Crippen LogP contribution in [0.25, 0.3) is 11.0 Å². The van der Waals surface area contributed by atoms with Crippen LogP contribution in [0.5, 0.6) is 0 Å². The molecule has 0 bridgehead atoms. The molecule has 0 aliphatic heterocycles. The fourth-order valence-electron chi connectivity index (χ4n) is 2.43. The Morgan fingerprint density at radius 2 is 1.92 bits per heavy atom. The van der Waals surface area contributed by atoms with Gasteiger partial charge in [-0.05, 0) is 12.1 Å². The van der Waals surface area contributed by atoms with Gasteiger partial charge in [0, 0.05) is 5.41 Å². The summed E-state index contributed by atoms with van der Waals surface area (Å²) in [6, 6.07) is 6.83. The lowest BCUT2D eigenvalue weighted by Gasteiger charge is -2.16. The standard InChI is InChI=1S/C15H18F2N6S/c1-15(2,3)12-20-21-14(23(12)18)24-8-11-19-9-6-4-5-7-10(9)22(11)13(16)17/h4-7,13H,8,18H2,1-3H3. The number of aromatic nitrogens is 5. The average Bonchev–Trinajstić information content (AvgIpc) is 3.04. The highest BCUT2D eigenvalue weighted by Gasteiger charge is 2.24. The van der Waals surface area contributed by atoms with E-state index in [1.54, 1.807) is 24.3 Å². The van der Waals surface area contributed by atoms with E-state index < -0.39 is 6.55 Å². The zero-order chi connectivity index (χ0) is 17.5. The van der Waals surface area contributed by atoms with Crippen molar-refractivity contribution in [3.63, 3.8) is 0 Å². The summed E-state index contributed by atoms with van der Waals surface area (Å²) < 4.78 is 29.2. The number of fused-ring (bicyclic) bond motifs is 1. The summed E-state index contributed by atoms with van der Waals surface area (Å²) in [6.45, 7) is 3.27. The van der Waals surface area contributed by atoms with Crippen molar-refractivity contribution in [2.45, 2.75) is 43.6 Å². The number of hydrogen-bond donors (Lipinski definition) is 1. The van der Waals surface area contributed by atoms with E-state index in [0.717, 1.165) is 4.57 Å². The van der Waals surface area contributed by atoms with Gasteiger partial charge in [0.15, 0.2) is 5.82 Å². The fourth-order valence-corrected chi connectivity index (χ4v) is 3.22. The number of thioether (sulfide) groups is 1. The van der Waals surface area contributed by atoms with Gasteiger partial charge in [-0.25, -0.2) is 9.66 Å². The number of nitrogens with zero attached hydrogens (tertiary/aromatic N) is 5. The first-order chi connectivity index (χ1) is 11.3. The van der Waals surface area contributed by atoms with Gasteiger partial charge in [0.05, 0.1) is 16.8 Å². The second kappa shape index (κ2) is 6.04. The van der Waals surface area contributed by atoms with E-state index in [4.69, 9.17) is 5.84 Å². The van der Waals surface area contributed by atoms with Gasteiger partial charge in [-0.2, -0.15) is 8.78 Å². The molecule has 0 saturated heterocycles. The minimum Gasteiger partial charge on any atom is -0.336 e. The molecule has 0 amide bonds. The third-order valence-electron chi connectivity index (χ3n) is 3.53. The van der Waals surface area contributed by atoms with Crippen molar-refractivity contribution >= 4 is 22.8 Å². The predicted octanol–water partition coefficient (Wildman–Crippen LogP) is 3.33. The van der Waals surface area contributed by atoms with E-state index in [1.165, 1.54) is 16.4 Å². The van der Waals surface area contributed by atoms with Crippen LogP contribution in [-0.2, 0) is 11.2 Å². The number of hydrogen-bond acceptors (Lipinski definition) is 5. The van der Waals surface area contributed by atoms with Crippen molar-refractivity contribution in [2.24, 2.45) is 0 Å². The van der Waals surface area contributed by atoms with E-state index in [9.17, 15) is 8.78 Å². The molecule has 0 aliphatic carbocycles. The Labute approximate surface area is 142 Å². The minimum atomic E-state index is -2.66. The maximum atomic E-state index is 13.4. The molecule has 0 spiro atoms. The van der Waals surface area contributed by atoms with Crippen LogP contribution in [0, 0.1) is 0 Å². The lowest BCUT2D eigenvalue weighted by molar-refractivity contribution is 0.0722. The molecule has 24 heavy (non-hydrogen) atoms. The monoisotopic (exact) mass is 352 g/mol. The van der Waals surface area contributed by atoms with Crippen LogP contribution in [0.1, 0.15) is 39.0 Å². The fraction of sp³-hybridized carbons (Fsp3) is 0.400. The Bertz CT molecular complexity index is 865. The Morgan fingerprint density at radius 3 is 2.54 bits per heavy atom. The Balaban J connectivity index is 1.89. The van der Waals surface area contributed by atoms with Crippen LogP contribution >= 0.6 is 11.8 Å². The largest absolute Gasteiger partial charge is 0.336 e. The molecular formula is C15H18F2N6S. The summed E-state index contributed by atoms with van der Waals surface area (Å²) in [7, 11) is 0. The molecule has 0 saturated carbocycles. The zero-order valence-corrected chi connectivity index (χ0v) is 14.4. The summed E-state index contributed by atoms with van der Waals surface area (Å²) >= 11 is 1.23. The summed E-state index contributed by atoms with van der Waals surface area (Å²) in [5.41, 5.74) is 0.696. The van der Waals surface area contributed by atoms with Crippen LogP contribution < -0.4 is 5.84 Å². The molecule has 2 aromatic heterocycles. The molecular weight excluding hydrogens is 334 g/mol. The number of imidazole rings is 1. The Hall–Kier alpha value is -2.16.